The van der Waals surface area contributed by atoms with Crippen LogP contribution in [0, 0.1) is 11.8 Å². The molecule has 0 aromatic carbocycles. The van der Waals surface area contributed by atoms with Gasteiger partial charge in [0.25, 0.3) is 0 Å². The van der Waals surface area contributed by atoms with Crippen LogP contribution in [0.2, 0.25) is 0 Å². The number of allylic oxidation sites excluding steroid dienone is 2. The van der Waals surface area contributed by atoms with E-state index in [2.05, 4.69) is 11.8 Å². The molecule has 0 N–H and O–H groups in total. The third-order valence-electron chi connectivity index (χ3n) is 6.04. The highest BCUT2D eigenvalue weighted by Crippen LogP contribution is 2.33. The number of rotatable bonds is 4. The first-order valence-electron chi connectivity index (χ1n) is 11.8. The lowest BCUT2D eigenvalue weighted by Crippen LogP contribution is -2.38. The van der Waals surface area contributed by atoms with E-state index in [1.54, 1.807) is 12.2 Å². The molecule has 0 radical (unpaired) electrons. The van der Waals surface area contributed by atoms with Gasteiger partial charge in [0.1, 0.15) is 0 Å². The normalized spacial score (nSPS) is 22.1. The van der Waals surface area contributed by atoms with Crippen LogP contribution in [0.25, 0.3) is 0 Å². The number of carbonyl (C=O) groups excluding carboxylic acids is 2. The van der Waals surface area contributed by atoms with E-state index in [9.17, 15) is 9.59 Å². The van der Waals surface area contributed by atoms with Crippen LogP contribution >= 0.6 is 0 Å². The Kier molecular flexibility index (Phi) is 10.2. The Morgan fingerprint density at radius 2 is 0.900 bits per heavy atom. The number of carbonyl (C=O) groups is 2. The van der Waals surface area contributed by atoms with Gasteiger partial charge < -0.3 is 9.47 Å². The summed E-state index contributed by atoms with van der Waals surface area (Å²) in [5, 5.41) is 0. The van der Waals surface area contributed by atoms with Gasteiger partial charge in [0.2, 0.25) is 0 Å². The van der Waals surface area contributed by atoms with Crippen molar-refractivity contribution < 1.29 is 19.1 Å². The smallest absolute Gasteiger partial charge is 0.331 e. The summed E-state index contributed by atoms with van der Waals surface area (Å²) in [6.07, 6.45) is 20.2. The summed E-state index contributed by atoms with van der Waals surface area (Å²) in [6.45, 7) is 3.61. The highest BCUT2D eigenvalue weighted by molar-refractivity contribution is 5.83. The van der Waals surface area contributed by atoms with Crippen LogP contribution in [0.15, 0.2) is 24.3 Å². The predicted octanol–water partition coefficient (Wildman–Crippen LogP) is 6.19. The third-order valence-corrected chi connectivity index (χ3v) is 6.04. The molecule has 2 saturated carbocycles. The van der Waals surface area contributed by atoms with E-state index in [0.717, 1.165) is 77.0 Å². The topological polar surface area (TPSA) is 52.6 Å². The maximum absolute atomic E-state index is 12.3. The summed E-state index contributed by atoms with van der Waals surface area (Å²) in [4.78, 5) is 24.7. The molecule has 0 spiro atoms. The Morgan fingerprint density at radius 3 is 1.20 bits per heavy atom. The Morgan fingerprint density at radius 1 is 0.600 bits per heavy atom. The lowest BCUT2D eigenvalue weighted by molar-refractivity contribution is -0.151. The molecule has 166 valence electrons. The number of ether oxygens (including phenoxy) is 2. The lowest BCUT2D eigenvalue weighted by Gasteiger charge is -2.33. The molecule has 0 aliphatic heterocycles. The fraction of sp³-hybridized carbons (Fsp3) is 0.692. The highest BCUT2D eigenvalue weighted by Gasteiger charge is 2.36. The fourth-order valence-corrected chi connectivity index (χ4v) is 4.41. The summed E-state index contributed by atoms with van der Waals surface area (Å²) in [5.41, 5.74) is -1.58. The minimum absolute atomic E-state index is 0.343. The Labute approximate surface area is 182 Å². The van der Waals surface area contributed by atoms with Crippen molar-refractivity contribution in [3.05, 3.63) is 24.3 Å². The van der Waals surface area contributed by atoms with E-state index in [-0.39, 0.29) is 11.9 Å². The Bertz CT molecular complexity index is 605. The van der Waals surface area contributed by atoms with Crippen LogP contribution in [0.5, 0.6) is 0 Å². The van der Waals surface area contributed by atoms with E-state index >= 15 is 0 Å². The first kappa shape index (κ1) is 24.3. The molecule has 0 saturated heterocycles. The maximum atomic E-state index is 12.3. The summed E-state index contributed by atoms with van der Waals surface area (Å²) in [5.74, 6) is 6.06. The molecule has 2 rings (SSSR count). The minimum Gasteiger partial charge on any atom is -0.443 e. The first-order valence-corrected chi connectivity index (χ1v) is 11.8. The maximum Gasteiger partial charge on any atom is 0.331 e. The van der Waals surface area contributed by atoms with Crippen molar-refractivity contribution in [2.45, 2.75) is 115 Å². The van der Waals surface area contributed by atoms with Gasteiger partial charge >= 0.3 is 11.9 Å². The van der Waals surface area contributed by atoms with Crippen molar-refractivity contribution in [2.24, 2.45) is 0 Å². The predicted molar refractivity (Wildman–Crippen MR) is 120 cm³/mol. The molecule has 0 unspecified atom stereocenters. The van der Waals surface area contributed by atoms with Crippen molar-refractivity contribution in [3.63, 3.8) is 0 Å². The Hall–Kier alpha value is -2.02. The van der Waals surface area contributed by atoms with Crippen molar-refractivity contribution in [2.75, 3.05) is 0 Å². The molecule has 4 heteroatoms. The quantitative estimate of drug-likeness (QED) is 0.312. The largest absolute Gasteiger partial charge is 0.443 e. The molecular weight excluding hydrogens is 376 g/mol. The number of hydrogen-bond acceptors (Lipinski definition) is 4. The van der Waals surface area contributed by atoms with Gasteiger partial charge in [0.05, 0.1) is 0 Å². The van der Waals surface area contributed by atoms with E-state index in [0.29, 0.717) is 0 Å². The second kappa shape index (κ2) is 12.6. The van der Waals surface area contributed by atoms with Crippen LogP contribution < -0.4 is 0 Å². The van der Waals surface area contributed by atoms with Gasteiger partial charge in [-0.2, -0.15) is 0 Å². The standard InChI is InChI=1S/C26H38O4/c1-3-15-23(27)29-25(17-11-7-5-8-12-18-25)21-22-26(30-24(28)16-4-2)19-13-9-6-10-14-20-26/h3-4,15-16H,5-14,17-20H2,1-2H3/b15-3+,16-4+. The lowest BCUT2D eigenvalue weighted by atomic mass is 9.83. The van der Waals surface area contributed by atoms with Crippen LogP contribution in [0.1, 0.15) is 104 Å². The molecule has 0 aromatic heterocycles. The van der Waals surface area contributed by atoms with Gasteiger partial charge in [-0.1, -0.05) is 62.5 Å². The minimum atomic E-state index is -0.792. The van der Waals surface area contributed by atoms with Crippen LogP contribution in [0.4, 0.5) is 0 Å². The monoisotopic (exact) mass is 414 g/mol. The van der Waals surface area contributed by atoms with E-state index < -0.39 is 11.2 Å². The SMILES string of the molecule is C/C=C/C(=O)OC1(C#CC2(OC(=O)/C=C/C)CCCCCCC2)CCCCCCC1. The molecule has 0 bridgehead atoms. The molecule has 0 heterocycles. The zero-order valence-electron chi connectivity index (χ0n) is 18.8. The van der Waals surface area contributed by atoms with Crippen LogP contribution in [0.3, 0.4) is 0 Å². The molecule has 0 aromatic rings. The second-order valence-corrected chi connectivity index (χ2v) is 8.62. The zero-order chi connectivity index (χ0) is 21.7. The summed E-state index contributed by atoms with van der Waals surface area (Å²) < 4.78 is 11.9. The van der Waals surface area contributed by atoms with E-state index in [1.165, 1.54) is 25.0 Å². The van der Waals surface area contributed by atoms with Crippen molar-refractivity contribution in [1.29, 1.82) is 0 Å². The van der Waals surface area contributed by atoms with Gasteiger partial charge in [-0.3, -0.25) is 0 Å². The van der Waals surface area contributed by atoms with Gasteiger partial charge in [0.15, 0.2) is 11.2 Å². The molecule has 2 fully saturated rings. The Balaban J connectivity index is 2.37. The molecule has 0 amide bonds. The van der Waals surface area contributed by atoms with Gasteiger partial charge in [-0.05, 0) is 65.2 Å². The molecule has 2 aliphatic rings. The van der Waals surface area contributed by atoms with Crippen molar-refractivity contribution in [1.82, 2.24) is 0 Å². The molecule has 4 nitrogen and oxygen atoms in total. The number of hydrogen-bond donors (Lipinski definition) is 0. The average molecular weight is 415 g/mol. The first-order chi connectivity index (χ1) is 14.5. The second-order valence-electron chi connectivity index (χ2n) is 8.62. The average Bonchev–Trinajstić information content (AvgIpc) is 2.66. The summed E-state index contributed by atoms with van der Waals surface area (Å²) in [6, 6.07) is 0. The van der Waals surface area contributed by atoms with Gasteiger partial charge in [0, 0.05) is 12.2 Å². The van der Waals surface area contributed by atoms with Crippen molar-refractivity contribution in [3.8, 4) is 11.8 Å². The molecular formula is C26H38O4. The molecule has 2 aliphatic carbocycles. The van der Waals surface area contributed by atoms with Crippen molar-refractivity contribution >= 4 is 11.9 Å². The fourth-order valence-electron chi connectivity index (χ4n) is 4.41. The summed E-state index contributed by atoms with van der Waals surface area (Å²) >= 11 is 0. The zero-order valence-corrected chi connectivity index (χ0v) is 18.8. The summed E-state index contributed by atoms with van der Waals surface area (Å²) in [7, 11) is 0. The van der Waals surface area contributed by atoms with E-state index in [4.69, 9.17) is 9.47 Å². The molecule has 0 atom stereocenters. The highest BCUT2D eigenvalue weighted by atomic mass is 16.6. The van der Waals surface area contributed by atoms with E-state index in [1.807, 2.05) is 13.8 Å². The van der Waals surface area contributed by atoms with Crippen LogP contribution in [-0.4, -0.2) is 23.1 Å². The van der Waals surface area contributed by atoms with Crippen LogP contribution in [-0.2, 0) is 19.1 Å². The van der Waals surface area contributed by atoms with Gasteiger partial charge in [-0.15, -0.1) is 0 Å². The third kappa shape index (κ3) is 8.01. The van der Waals surface area contributed by atoms with Gasteiger partial charge in [-0.25, -0.2) is 9.59 Å². The molecule has 30 heavy (non-hydrogen) atoms. The number of esters is 2.